The largest absolute Gasteiger partial charge is 0.507 e. The number of nitrogens with zero attached hydrogens (tertiary/aromatic N) is 1. The number of hydrogen-bond donors (Lipinski definition) is 1. The molecule has 1 aliphatic carbocycles. The first-order chi connectivity index (χ1) is 15.6. The average Bonchev–Trinajstić information content (AvgIpc) is 3.41. The van der Waals surface area contributed by atoms with Crippen LogP contribution in [0.15, 0.2) is 48.0 Å². The monoisotopic (exact) mass is 433 g/mol. The molecule has 5 rings (SSSR count). The second-order valence-corrected chi connectivity index (χ2v) is 8.70. The molecule has 0 aromatic heterocycles. The molecule has 6 heteroatoms. The molecule has 3 aliphatic rings. The van der Waals surface area contributed by atoms with Crippen LogP contribution >= 0.6 is 0 Å². The standard InChI is InChI=1S/C26H27NO5/c1-31-20-9-5-6-17(15-20)23-22(24(28)18-10-11-21-16(14-18)12-13-32-21)25(29)26(30)27(23)19-7-3-2-4-8-19/h5-6,9-11,14-15,19,23,28H,2-4,7-8,12-13H2,1H3/b24-22-. The molecule has 6 nitrogen and oxygen atoms in total. The molecule has 0 bridgehead atoms. The summed E-state index contributed by atoms with van der Waals surface area (Å²) in [6.45, 7) is 0.607. The molecule has 0 radical (unpaired) electrons. The van der Waals surface area contributed by atoms with E-state index in [1.54, 1.807) is 18.1 Å². The number of methoxy groups -OCH3 is 1. The molecule has 2 heterocycles. The molecule has 166 valence electrons. The minimum absolute atomic E-state index is 0.0184. The minimum Gasteiger partial charge on any atom is -0.507 e. The maximum Gasteiger partial charge on any atom is 0.295 e. The number of fused-ring (bicyclic) bond motifs is 1. The van der Waals surface area contributed by atoms with Gasteiger partial charge in [0, 0.05) is 18.0 Å². The zero-order valence-corrected chi connectivity index (χ0v) is 18.2. The Morgan fingerprint density at radius 1 is 1.09 bits per heavy atom. The molecule has 1 unspecified atom stereocenters. The molecule has 1 N–H and O–H groups in total. The molecule has 1 amide bonds. The molecular formula is C26H27NO5. The van der Waals surface area contributed by atoms with Crippen molar-refractivity contribution in [2.75, 3.05) is 13.7 Å². The van der Waals surface area contributed by atoms with Gasteiger partial charge in [-0.2, -0.15) is 0 Å². The van der Waals surface area contributed by atoms with Crippen molar-refractivity contribution < 1.29 is 24.2 Å². The zero-order valence-electron chi connectivity index (χ0n) is 18.2. The van der Waals surface area contributed by atoms with Crippen molar-refractivity contribution in [3.8, 4) is 11.5 Å². The molecule has 2 aromatic rings. The number of likely N-dealkylation sites (tertiary alicyclic amines) is 1. The van der Waals surface area contributed by atoms with Gasteiger partial charge in [0.15, 0.2) is 0 Å². The lowest BCUT2D eigenvalue weighted by molar-refractivity contribution is -0.141. The maximum absolute atomic E-state index is 13.3. The average molecular weight is 434 g/mol. The van der Waals surface area contributed by atoms with Crippen LogP contribution in [0.5, 0.6) is 11.5 Å². The van der Waals surface area contributed by atoms with Crippen molar-refractivity contribution in [2.24, 2.45) is 0 Å². The topological polar surface area (TPSA) is 76.1 Å². The maximum atomic E-state index is 13.3. The summed E-state index contributed by atoms with van der Waals surface area (Å²) in [7, 11) is 1.59. The Morgan fingerprint density at radius 2 is 1.91 bits per heavy atom. The van der Waals surface area contributed by atoms with E-state index in [0.717, 1.165) is 55.4 Å². The first kappa shape index (κ1) is 20.6. The SMILES string of the molecule is COc1cccc(C2/C(=C(/O)c3ccc4c(c3)CCO4)C(=O)C(=O)N2C2CCCCC2)c1. The summed E-state index contributed by atoms with van der Waals surface area (Å²) in [5, 5.41) is 11.3. The number of ketones is 1. The van der Waals surface area contributed by atoms with Gasteiger partial charge in [0.2, 0.25) is 0 Å². The molecular weight excluding hydrogens is 406 g/mol. The van der Waals surface area contributed by atoms with E-state index in [0.29, 0.717) is 17.9 Å². The number of aliphatic hydroxyl groups excluding tert-OH is 1. The first-order valence-electron chi connectivity index (χ1n) is 11.3. The molecule has 1 saturated carbocycles. The van der Waals surface area contributed by atoms with Gasteiger partial charge in [0.1, 0.15) is 17.3 Å². The highest BCUT2D eigenvalue weighted by Crippen LogP contribution is 2.44. The van der Waals surface area contributed by atoms with Crippen molar-refractivity contribution in [1.82, 2.24) is 4.90 Å². The highest BCUT2D eigenvalue weighted by Gasteiger charge is 2.49. The van der Waals surface area contributed by atoms with Crippen LogP contribution in [-0.4, -0.2) is 41.5 Å². The number of benzene rings is 2. The van der Waals surface area contributed by atoms with Crippen LogP contribution in [0.1, 0.15) is 54.8 Å². The van der Waals surface area contributed by atoms with Crippen LogP contribution in [0.2, 0.25) is 0 Å². The van der Waals surface area contributed by atoms with Crippen LogP contribution < -0.4 is 9.47 Å². The lowest BCUT2D eigenvalue weighted by atomic mass is 9.90. The molecule has 2 aliphatic heterocycles. The number of amides is 1. The van der Waals surface area contributed by atoms with Gasteiger partial charge in [-0.3, -0.25) is 9.59 Å². The Labute approximate surface area is 187 Å². The van der Waals surface area contributed by atoms with Gasteiger partial charge in [-0.05, 0) is 54.3 Å². The molecule has 2 fully saturated rings. The van der Waals surface area contributed by atoms with Gasteiger partial charge in [0.05, 0.1) is 25.3 Å². The van der Waals surface area contributed by atoms with Crippen LogP contribution in [0.3, 0.4) is 0 Å². The van der Waals surface area contributed by atoms with E-state index >= 15 is 0 Å². The van der Waals surface area contributed by atoms with Crippen molar-refractivity contribution in [3.05, 3.63) is 64.7 Å². The smallest absolute Gasteiger partial charge is 0.295 e. The van der Waals surface area contributed by atoms with Gasteiger partial charge in [0.25, 0.3) is 11.7 Å². The normalized spacial score (nSPS) is 22.7. The molecule has 2 aromatic carbocycles. The van der Waals surface area contributed by atoms with E-state index in [1.807, 2.05) is 36.4 Å². The summed E-state index contributed by atoms with van der Waals surface area (Å²) in [4.78, 5) is 28.2. The highest BCUT2D eigenvalue weighted by molar-refractivity contribution is 6.46. The van der Waals surface area contributed by atoms with E-state index in [2.05, 4.69) is 0 Å². The van der Waals surface area contributed by atoms with Gasteiger partial charge in [-0.1, -0.05) is 31.4 Å². The number of carbonyl (C=O) groups excluding carboxylic acids is 2. The fraction of sp³-hybridized carbons (Fsp3) is 0.385. The molecule has 1 atom stereocenters. The Bertz CT molecular complexity index is 1100. The van der Waals surface area contributed by atoms with Crippen molar-refractivity contribution in [2.45, 2.75) is 50.6 Å². The number of hydrogen-bond acceptors (Lipinski definition) is 5. The third-order valence-corrected chi connectivity index (χ3v) is 6.82. The summed E-state index contributed by atoms with van der Waals surface area (Å²) in [6.07, 6.45) is 5.69. The second-order valence-electron chi connectivity index (χ2n) is 8.70. The molecule has 0 spiro atoms. The summed E-state index contributed by atoms with van der Waals surface area (Å²) in [6, 6.07) is 12.2. The van der Waals surface area contributed by atoms with Crippen LogP contribution in [0.25, 0.3) is 5.76 Å². The van der Waals surface area contributed by atoms with Crippen LogP contribution in [0, 0.1) is 0 Å². The predicted octanol–water partition coefficient (Wildman–Crippen LogP) is 4.38. The third kappa shape index (κ3) is 3.44. The van der Waals surface area contributed by atoms with Crippen LogP contribution in [-0.2, 0) is 16.0 Å². The molecule has 32 heavy (non-hydrogen) atoms. The zero-order chi connectivity index (χ0) is 22.2. The summed E-state index contributed by atoms with van der Waals surface area (Å²) >= 11 is 0. The van der Waals surface area contributed by atoms with E-state index < -0.39 is 17.7 Å². The summed E-state index contributed by atoms with van der Waals surface area (Å²) in [5.74, 6) is 0.151. The third-order valence-electron chi connectivity index (χ3n) is 6.82. The number of Topliss-reactive ketones (excluding diaryl/α,β-unsaturated/α-hetero) is 1. The Balaban J connectivity index is 1.65. The van der Waals surface area contributed by atoms with E-state index in [9.17, 15) is 14.7 Å². The van der Waals surface area contributed by atoms with Gasteiger partial charge >= 0.3 is 0 Å². The van der Waals surface area contributed by atoms with Crippen molar-refractivity contribution >= 4 is 17.4 Å². The second kappa shape index (κ2) is 8.34. The minimum atomic E-state index is -0.641. The lowest BCUT2D eigenvalue weighted by Gasteiger charge is -2.35. The van der Waals surface area contributed by atoms with Crippen molar-refractivity contribution in [3.63, 3.8) is 0 Å². The fourth-order valence-electron chi connectivity index (χ4n) is 5.21. The lowest BCUT2D eigenvalue weighted by Crippen LogP contribution is -2.40. The number of carbonyl (C=O) groups is 2. The van der Waals surface area contributed by atoms with Gasteiger partial charge in [-0.25, -0.2) is 0 Å². The van der Waals surface area contributed by atoms with Crippen molar-refractivity contribution in [1.29, 1.82) is 0 Å². The Morgan fingerprint density at radius 3 is 2.69 bits per heavy atom. The van der Waals surface area contributed by atoms with E-state index in [-0.39, 0.29) is 17.4 Å². The van der Waals surface area contributed by atoms with Gasteiger partial charge in [-0.15, -0.1) is 0 Å². The predicted molar refractivity (Wildman–Crippen MR) is 120 cm³/mol. The number of rotatable bonds is 4. The molecule has 1 saturated heterocycles. The first-order valence-corrected chi connectivity index (χ1v) is 11.3. The quantitative estimate of drug-likeness (QED) is 0.440. The fourth-order valence-corrected chi connectivity index (χ4v) is 5.21. The summed E-state index contributed by atoms with van der Waals surface area (Å²) in [5.41, 5.74) is 2.44. The van der Waals surface area contributed by atoms with E-state index in [1.165, 1.54) is 0 Å². The van der Waals surface area contributed by atoms with E-state index in [4.69, 9.17) is 9.47 Å². The number of aliphatic hydroxyl groups is 1. The number of ether oxygens (including phenoxy) is 2. The van der Waals surface area contributed by atoms with Crippen LogP contribution in [0.4, 0.5) is 0 Å². The Hall–Kier alpha value is -3.28. The highest BCUT2D eigenvalue weighted by atomic mass is 16.5. The Kier molecular flexibility index (Phi) is 5.37. The summed E-state index contributed by atoms with van der Waals surface area (Å²) < 4.78 is 11.0. The van der Waals surface area contributed by atoms with Gasteiger partial charge < -0.3 is 19.5 Å².